The van der Waals surface area contributed by atoms with Gasteiger partial charge in [-0.15, -0.1) is 0 Å². The van der Waals surface area contributed by atoms with Crippen molar-refractivity contribution in [3.8, 4) is 22.4 Å². The minimum Gasteiger partial charge on any atom is -0.224 e. The Balaban J connectivity index is 2.07. The number of hydrogen-bond acceptors (Lipinski definition) is 4. The fourth-order valence-corrected chi connectivity index (χ4v) is 4.39. The number of aromatic nitrogens is 1. The lowest BCUT2D eigenvalue weighted by Crippen LogP contribution is -2.03. The average molecular weight is 422 g/mol. The molecule has 0 N–H and O–H groups in total. The summed E-state index contributed by atoms with van der Waals surface area (Å²) in [5.74, 6) is 0.107. The number of sulfone groups is 1. The molecule has 24 heavy (non-hydrogen) atoms. The Kier molecular flexibility index (Phi) is 4.90. The van der Waals surface area contributed by atoms with Crippen LogP contribution in [-0.2, 0) is 9.84 Å². The first-order valence-corrected chi connectivity index (χ1v) is 10.7. The van der Waals surface area contributed by atoms with E-state index >= 15 is 0 Å². The van der Waals surface area contributed by atoms with Crippen LogP contribution in [-0.4, -0.2) is 18.5 Å². The Morgan fingerprint density at radius 3 is 2.17 bits per heavy atom. The first kappa shape index (κ1) is 17.3. The fraction of sp³-hybridized carbons (Fsp3) is 0.167. The quantitative estimate of drug-likeness (QED) is 0.570. The minimum atomic E-state index is -3.18. The van der Waals surface area contributed by atoms with E-state index in [2.05, 4.69) is 20.3 Å². The van der Waals surface area contributed by atoms with E-state index in [1.54, 1.807) is 19.1 Å². The highest BCUT2D eigenvalue weighted by atomic mass is 79.9. The second-order valence-electron chi connectivity index (χ2n) is 5.40. The Bertz CT molecular complexity index is 959. The van der Waals surface area contributed by atoms with Crippen LogP contribution in [0.25, 0.3) is 22.4 Å². The molecule has 0 aliphatic rings. The lowest BCUT2D eigenvalue weighted by molar-refractivity contribution is 0.597. The van der Waals surface area contributed by atoms with Crippen LogP contribution in [0.5, 0.6) is 0 Å². The Morgan fingerprint density at radius 2 is 1.58 bits per heavy atom. The van der Waals surface area contributed by atoms with Gasteiger partial charge in [0, 0.05) is 20.5 Å². The second kappa shape index (κ2) is 6.78. The topological polar surface area (TPSA) is 47.0 Å². The van der Waals surface area contributed by atoms with Gasteiger partial charge < -0.3 is 0 Å². The van der Waals surface area contributed by atoms with Crippen LogP contribution in [0.2, 0.25) is 0 Å². The molecule has 0 radical (unpaired) electrons. The van der Waals surface area contributed by atoms with Crippen molar-refractivity contribution in [3.63, 3.8) is 0 Å². The van der Waals surface area contributed by atoms with Crippen LogP contribution in [0.15, 0.2) is 57.9 Å². The predicted molar refractivity (Wildman–Crippen MR) is 103 cm³/mol. The summed E-state index contributed by atoms with van der Waals surface area (Å²) in [5.41, 5.74) is 4.01. The molecule has 0 spiro atoms. The molecule has 0 aliphatic carbocycles. The molecule has 124 valence electrons. The third kappa shape index (κ3) is 3.31. The molecule has 6 heteroatoms. The number of halogens is 1. The molecule has 0 saturated heterocycles. The number of rotatable bonds is 4. The molecule has 0 unspecified atom stereocenters. The van der Waals surface area contributed by atoms with Crippen LogP contribution >= 0.6 is 27.5 Å². The maximum Gasteiger partial charge on any atom is 0.178 e. The molecule has 0 aliphatic heterocycles. The highest BCUT2D eigenvalue weighted by Gasteiger charge is 2.16. The second-order valence-corrected chi connectivity index (χ2v) is 9.57. The van der Waals surface area contributed by atoms with Crippen LogP contribution in [0.3, 0.4) is 0 Å². The van der Waals surface area contributed by atoms with E-state index in [9.17, 15) is 8.42 Å². The SMILES string of the molecule is CCS(=O)(=O)c1ccc(-c2c(-c3ccc(Br)cc3)nsc2C)cc1. The Labute approximate surface area is 154 Å². The van der Waals surface area contributed by atoms with E-state index in [1.165, 1.54) is 11.5 Å². The van der Waals surface area contributed by atoms with Gasteiger partial charge in [-0.1, -0.05) is 47.1 Å². The summed E-state index contributed by atoms with van der Waals surface area (Å²) in [6, 6.07) is 15.1. The lowest BCUT2D eigenvalue weighted by Gasteiger charge is -2.07. The van der Waals surface area contributed by atoms with Gasteiger partial charge in [-0.25, -0.2) is 8.42 Å². The Morgan fingerprint density at radius 1 is 1.00 bits per heavy atom. The number of benzene rings is 2. The summed E-state index contributed by atoms with van der Waals surface area (Å²) in [5, 5.41) is 0. The normalized spacial score (nSPS) is 11.6. The summed E-state index contributed by atoms with van der Waals surface area (Å²) in [7, 11) is -3.18. The lowest BCUT2D eigenvalue weighted by atomic mass is 10.00. The molecule has 3 nitrogen and oxygen atoms in total. The summed E-state index contributed by atoms with van der Waals surface area (Å²) in [6.07, 6.45) is 0. The van der Waals surface area contributed by atoms with Crippen LogP contribution < -0.4 is 0 Å². The minimum absolute atomic E-state index is 0.107. The first-order chi connectivity index (χ1) is 11.4. The highest BCUT2D eigenvalue weighted by Crippen LogP contribution is 2.37. The van der Waals surface area contributed by atoms with Gasteiger partial charge in [-0.05, 0) is 48.3 Å². The molecule has 1 heterocycles. The largest absolute Gasteiger partial charge is 0.224 e. The van der Waals surface area contributed by atoms with Crippen molar-refractivity contribution < 1.29 is 8.42 Å². The number of aryl methyl sites for hydroxylation is 1. The van der Waals surface area contributed by atoms with E-state index in [0.29, 0.717) is 4.90 Å². The van der Waals surface area contributed by atoms with E-state index < -0.39 is 9.84 Å². The molecular formula is C18H16BrNO2S2. The smallest absolute Gasteiger partial charge is 0.178 e. The highest BCUT2D eigenvalue weighted by molar-refractivity contribution is 9.10. The monoisotopic (exact) mass is 421 g/mol. The molecule has 0 fully saturated rings. The number of nitrogens with zero attached hydrogens (tertiary/aromatic N) is 1. The molecule has 0 amide bonds. The molecule has 0 atom stereocenters. The summed E-state index contributed by atoms with van der Waals surface area (Å²) in [6.45, 7) is 3.69. The zero-order valence-corrected chi connectivity index (χ0v) is 16.5. The molecular weight excluding hydrogens is 406 g/mol. The third-order valence-corrected chi connectivity index (χ3v) is 6.89. The van der Waals surface area contributed by atoms with Gasteiger partial charge in [0.15, 0.2) is 9.84 Å². The van der Waals surface area contributed by atoms with Crippen molar-refractivity contribution in [2.75, 3.05) is 5.75 Å². The summed E-state index contributed by atoms with van der Waals surface area (Å²) < 4.78 is 29.6. The molecule has 3 rings (SSSR count). The van der Waals surface area contributed by atoms with Gasteiger partial charge in [-0.3, -0.25) is 0 Å². The van der Waals surface area contributed by atoms with E-state index in [0.717, 1.165) is 31.7 Å². The molecule has 2 aromatic carbocycles. The van der Waals surface area contributed by atoms with E-state index in [-0.39, 0.29) is 5.75 Å². The zero-order valence-electron chi connectivity index (χ0n) is 13.3. The average Bonchev–Trinajstić information content (AvgIpc) is 2.97. The van der Waals surface area contributed by atoms with E-state index in [1.807, 2.05) is 43.3 Å². The van der Waals surface area contributed by atoms with Gasteiger partial charge in [0.2, 0.25) is 0 Å². The standard InChI is InChI=1S/C18H16BrNO2S2/c1-3-24(21,22)16-10-6-13(7-11-16)17-12(2)23-20-18(17)14-4-8-15(19)9-5-14/h4-11H,3H2,1-2H3. The van der Waals surface area contributed by atoms with Crippen molar-refractivity contribution in [2.45, 2.75) is 18.7 Å². The maximum absolute atomic E-state index is 12.0. The molecule has 1 aromatic heterocycles. The molecule has 3 aromatic rings. The van der Waals surface area contributed by atoms with Crippen molar-refractivity contribution in [2.24, 2.45) is 0 Å². The van der Waals surface area contributed by atoms with E-state index in [4.69, 9.17) is 0 Å². The van der Waals surface area contributed by atoms with Crippen LogP contribution in [0, 0.1) is 6.92 Å². The molecule has 0 bridgehead atoms. The van der Waals surface area contributed by atoms with Crippen LogP contribution in [0.4, 0.5) is 0 Å². The van der Waals surface area contributed by atoms with Gasteiger partial charge in [0.05, 0.1) is 16.3 Å². The van der Waals surface area contributed by atoms with Gasteiger partial charge in [-0.2, -0.15) is 4.37 Å². The predicted octanol–water partition coefficient (Wildman–Crippen LogP) is 5.34. The number of hydrogen-bond donors (Lipinski definition) is 0. The zero-order chi connectivity index (χ0) is 17.3. The van der Waals surface area contributed by atoms with Crippen LogP contribution in [0.1, 0.15) is 11.8 Å². The fourth-order valence-electron chi connectivity index (χ4n) is 2.51. The summed E-state index contributed by atoms with van der Waals surface area (Å²) in [4.78, 5) is 1.47. The summed E-state index contributed by atoms with van der Waals surface area (Å²) >= 11 is 4.90. The van der Waals surface area contributed by atoms with Crippen molar-refractivity contribution in [3.05, 3.63) is 57.9 Å². The van der Waals surface area contributed by atoms with Crippen molar-refractivity contribution >= 4 is 37.3 Å². The van der Waals surface area contributed by atoms with Gasteiger partial charge >= 0.3 is 0 Å². The molecule has 0 saturated carbocycles. The maximum atomic E-state index is 12.0. The van der Waals surface area contributed by atoms with Gasteiger partial charge in [0.25, 0.3) is 0 Å². The Hall–Kier alpha value is -1.50. The van der Waals surface area contributed by atoms with Crippen molar-refractivity contribution in [1.82, 2.24) is 4.37 Å². The van der Waals surface area contributed by atoms with Crippen molar-refractivity contribution in [1.29, 1.82) is 0 Å². The first-order valence-electron chi connectivity index (χ1n) is 7.48. The van der Waals surface area contributed by atoms with Gasteiger partial charge in [0.1, 0.15) is 0 Å². The third-order valence-electron chi connectivity index (χ3n) is 3.86.